The van der Waals surface area contributed by atoms with Gasteiger partial charge in [0, 0.05) is 31.1 Å². The van der Waals surface area contributed by atoms with Gasteiger partial charge in [-0.05, 0) is 25.0 Å². The molecule has 2 aromatic rings. The molecule has 0 saturated heterocycles. The van der Waals surface area contributed by atoms with Gasteiger partial charge in [-0.1, -0.05) is 0 Å². The minimum atomic E-state index is -0.417. The Morgan fingerprint density at radius 2 is 2.26 bits per heavy atom. The third-order valence-corrected chi connectivity index (χ3v) is 3.05. The molecule has 6 heteroatoms. The van der Waals surface area contributed by atoms with Gasteiger partial charge >= 0.3 is 5.69 Å². The molecule has 98 valence electrons. The molecule has 1 aliphatic carbocycles. The minimum absolute atomic E-state index is 0.00450. The molecule has 0 radical (unpaired) electrons. The van der Waals surface area contributed by atoms with Crippen LogP contribution in [0, 0.1) is 10.1 Å². The van der Waals surface area contributed by atoms with Crippen LogP contribution in [0.15, 0.2) is 30.6 Å². The summed E-state index contributed by atoms with van der Waals surface area (Å²) in [7, 11) is 1.88. The second-order valence-electron chi connectivity index (χ2n) is 4.62. The maximum Gasteiger partial charge on any atom is 0.310 e. The molecule has 0 bridgehead atoms. The molecule has 6 nitrogen and oxygen atoms in total. The number of hydrogen-bond acceptors (Lipinski definition) is 4. The number of nitro benzene ring substituents is 1. The van der Waals surface area contributed by atoms with Crippen molar-refractivity contribution in [3.05, 3.63) is 40.7 Å². The third kappa shape index (κ3) is 2.29. The van der Waals surface area contributed by atoms with Crippen LogP contribution in [-0.2, 0) is 7.05 Å². The summed E-state index contributed by atoms with van der Waals surface area (Å²) >= 11 is 0. The van der Waals surface area contributed by atoms with Gasteiger partial charge in [-0.15, -0.1) is 0 Å². The van der Waals surface area contributed by atoms with Crippen molar-refractivity contribution in [2.24, 2.45) is 7.05 Å². The van der Waals surface area contributed by atoms with E-state index in [4.69, 9.17) is 4.74 Å². The van der Waals surface area contributed by atoms with Gasteiger partial charge in [-0.25, -0.2) is 4.98 Å². The molecule has 0 atom stereocenters. The first-order valence-corrected chi connectivity index (χ1v) is 6.08. The smallest absolute Gasteiger partial charge is 0.310 e. The molecule has 1 saturated carbocycles. The Hall–Kier alpha value is -2.37. The highest BCUT2D eigenvalue weighted by molar-refractivity contribution is 5.63. The Balaban J connectivity index is 2.03. The molecule has 1 aromatic heterocycles. The van der Waals surface area contributed by atoms with Gasteiger partial charge in [-0.3, -0.25) is 10.1 Å². The van der Waals surface area contributed by atoms with Crippen LogP contribution in [0.3, 0.4) is 0 Å². The summed E-state index contributed by atoms with van der Waals surface area (Å²) in [5.41, 5.74) is 0.818. The molecule has 3 rings (SSSR count). The van der Waals surface area contributed by atoms with Crippen LogP contribution < -0.4 is 4.74 Å². The zero-order chi connectivity index (χ0) is 13.4. The summed E-state index contributed by atoms with van der Waals surface area (Å²) in [5.74, 6) is 1.09. The van der Waals surface area contributed by atoms with Crippen molar-refractivity contribution in [3.63, 3.8) is 0 Å². The van der Waals surface area contributed by atoms with Gasteiger partial charge in [0.2, 0.25) is 0 Å². The van der Waals surface area contributed by atoms with Crippen molar-refractivity contribution in [2.75, 3.05) is 0 Å². The monoisotopic (exact) mass is 259 g/mol. The number of hydrogen-bond donors (Lipinski definition) is 0. The lowest BCUT2D eigenvalue weighted by Gasteiger charge is -2.08. The second-order valence-corrected chi connectivity index (χ2v) is 4.62. The van der Waals surface area contributed by atoms with Crippen LogP contribution in [-0.4, -0.2) is 20.6 Å². The maximum atomic E-state index is 11.0. The summed E-state index contributed by atoms with van der Waals surface area (Å²) in [6.07, 6.45) is 5.57. The molecule has 0 spiro atoms. The Morgan fingerprint density at radius 3 is 2.84 bits per heavy atom. The molecule has 1 heterocycles. The van der Waals surface area contributed by atoms with E-state index in [9.17, 15) is 10.1 Å². The van der Waals surface area contributed by atoms with Crippen LogP contribution in [0.2, 0.25) is 0 Å². The lowest BCUT2D eigenvalue weighted by molar-refractivity contribution is -0.385. The van der Waals surface area contributed by atoms with Crippen LogP contribution in [0.5, 0.6) is 5.75 Å². The van der Waals surface area contributed by atoms with E-state index in [2.05, 4.69) is 4.98 Å². The molecule has 1 aromatic carbocycles. The Labute approximate surface area is 109 Å². The van der Waals surface area contributed by atoms with E-state index < -0.39 is 4.92 Å². The zero-order valence-corrected chi connectivity index (χ0v) is 10.4. The fraction of sp³-hybridized carbons (Fsp3) is 0.308. The van der Waals surface area contributed by atoms with E-state index >= 15 is 0 Å². The summed E-state index contributed by atoms with van der Waals surface area (Å²) in [5, 5.41) is 11.0. The SMILES string of the molecule is Cn1ccnc1-c1ccc([N+](=O)[O-])c(OC2CC2)c1. The molecular formula is C13H13N3O3. The number of ether oxygens (including phenoxy) is 1. The molecule has 19 heavy (non-hydrogen) atoms. The van der Waals surface area contributed by atoms with Gasteiger partial charge in [0.1, 0.15) is 5.82 Å². The number of imidazole rings is 1. The average molecular weight is 259 g/mol. The predicted octanol–water partition coefficient (Wildman–Crippen LogP) is 2.54. The van der Waals surface area contributed by atoms with E-state index in [1.165, 1.54) is 6.07 Å². The maximum absolute atomic E-state index is 11.0. The van der Waals surface area contributed by atoms with Gasteiger partial charge < -0.3 is 9.30 Å². The van der Waals surface area contributed by atoms with Crippen molar-refractivity contribution < 1.29 is 9.66 Å². The van der Waals surface area contributed by atoms with Crippen molar-refractivity contribution >= 4 is 5.69 Å². The highest BCUT2D eigenvalue weighted by atomic mass is 16.6. The van der Waals surface area contributed by atoms with Crippen LogP contribution >= 0.6 is 0 Å². The molecule has 0 amide bonds. The predicted molar refractivity (Wildman–Crippen MR) is 68.9 cm³/mol. The van der Waals surface area contributed by atoms with Crippen molar-refractivity contribution in [1.29, 1.82) is 0 Å². The second kappa shape index (κ2) is 4.38. The quantitative estimate of drug-likeness (QED) is 0.625. The van der Waals surface area contributed by atoms with Gasteiger partial charge in [-0.2, -0.15) is 0 Å². The first-order valence-electron chi connectivity index (χ1n) is 6.08. The van der Waals surface area contributed by atoms with Gasteiger partial charge in [0.25, 0.3) is 0 Å². The average Bonchev–Trinajstić information content (AvgIpc) is 3.08. The standard InChI is InChI=1S/C13H13N3O3/c1-15-7-6-14-13(15)9-2-5-11(16(17)18)12(8-9)19-10-3-4-10/h2,5-8,10H,3-4H2,1H3. The van der Waals surface area contributed by atoms with E-state index in [0.717, 1.165) is 24.2 Å². The number of nitro groups is 1. The van der Waals surface area contributed by atoms with Crippen molar-refractivity contribution in [1.82, 2.24) is 9.55 Å². The number of nitrogens with zero attached hydrogens (tertiary/aromatic N) is 3. The van der Waals surface area contributed by atoms with E-state index in [0.29, 0.717) is 5.75 Å². The van der Waals surface area contributed by atoms with E-state index in [1.807, 2.05) is 17.8 Å². The summed E-state index contributed by atoms with van der Waals surface area (Å²) < 4.78 is 7.48. The topological polar surface area (TPSA) is 70.2 Å². The molecule has 0 N–H and O–H groups in total. The lowest BCUT2D eigenvalue weighted by Crippen LogP contribution is -2.01. The summed E-state index contributed by atoms with van der Waals surface area (Å²) in [6.45, 7) is 0. The normalized spacial score (nSPS) is 14.4. The zero-order valence-electron chi connectivity index (χ0n) is 10.4. The molecule has 1 fully saturated rings. The number of aromatic nitrogens is 2. The van der Waals surface area contributed by atoms with Gasteiger partial charge in [0.15, 0.2) is 5.75 Å². The van der Waals surface area contributed by atoms with E-state index in [1.54, 1.807) is 18.3 Å². The first-order chi connectivity index (χ1) is 9.15. The molecule has 0 aliphatic heterocycles. The largest absolute Gasteiger partial charge is 0.483 e. The van der Waals surface area contributed by atoms with E-state index in [-0.39, 0.29) is 11.8 Å². The van der Waals surface area contributed by atoms with Crippen molar-refractivity contribution in [2.45, 2.75) is 18.9 Å². The highest BCUT2D eigenvalue weighted by Gasteiger charge is 2.27. The fourth-order valence-corrected chi connectivity index (χ4v) is 1.91. The minimum Gasteiger partial charge on any atom is -0.483 e. The fourth-order valence-electron chi connectivity index (χ4n) is 1.91. The molecular weight excluding hydrogens is 246 g/mol. The molecule has 1 aliphatic rings. The van der Waals surface area contributed by atoms with Gasteiger partial charge in [0.05, 0.1) is 11.0 Å². The number of aryl methyl sites for hydroxylation is 1. The highest BCUT2D eigenvalue weighted by Crippen LogP contribution is 2.36. The number of rotatable bonds is 4. The van der Waals surface area contributed by atoms with Crippen LogP contribution in [0.4, 0.5) is 5.69 Å². The molecule has 0 unspecified atom stereocenters. The summed E-state index contributed by atoms with van der Waals surface area (Å²) in [4.78, 5) is 14.8. The van der Waals surface area contributed by atoms with Crippen LogP contribution in [0.1, 0.15) is 12.8 Å². The van der Waals surface area contributed by atoms with Crippen molar-refractivity contribution in [3.8, 4) is 17.1 Å². The lowest BCUT2D eigenvalue weighted by atomic mass is 10.2. The first kappa shape index (κ1) is 11.7. The Bertz CT molecular complexity index is 632. The Kier molecular flexibility index (Phi) is 2.70. The Morgan fingerprint density at radius 1 is 1.47 bits per heavy atom. The van der Waals surface area contributed by atoms with Crippen LogP contribution in [0.25, 0.3) is 11.4 Å². The summed E-state index contributed by atoms with van der Waals surface area (Å²) in [6, 6.07) is 4.86. The number of benzene rings is 1. The third-order valence-electron chi connectivity index (χ3n) is 3.05.